The number of benzene rings is 2. The van der Waals surface area contributed by atoms with Gasteiger partial charge in [0.05, 0.1) is 47.0 Å². The van der Waals surface area contributed by atoms with E-state index in [1.807, 2.05) is 0 Å². The average molecular weight is 844 g/mol. The van der Waals surface area contributed by atoms with E-state index in [1.54, 1.807) is 51.1 Å². The fourth-order valence-corrected chi connectivity index (χ4v) is 7.88. The minimum atomic E-state index is -1.80. The molecule has 4 aliphatic heterocycles. The zero-order valence-corrected chi connectivity index (χ0v) is 33.9. The summed E-state index contributed by atoms with van der Waals surface area (Å²) in [6.07, 6.45) is -1.46. The molecule has 1 saturated heterocycles. The highest BCUT2D eigenvalue weighted by molar-refractivity contribution is 6.32. The predicted molar refractivity (Wildman–Crippen MR) is 214 cm³/mol. The highest BCUT2D eigenvalue weighted by atomic mass is 35.5. The minimum absolute atomic E-state index is 0.0160. The third-order valence-electron chi connectivity index (χ3n) is 10.5. The molecule has 4 bridgehead atoms. The lowest BCUT2D eigenvalue weighted by atomic mass is 9.85. The molecule has 17 heteroatoms. The van der Waals surface area contributed by atoms with Gasteiger partial charge in [0, 0.05) is 23.8 Å². The van der Waals surface area contributed by atoms with Crippen molar-refractivity contribution in [2.45, 2.75) is 74.3 Å². The Labute approximate surface area is 350 Å². The SMILES string of the molecule is C=C1Oc2cc(OC)cc(C(=O)O[C@H]3COC(=O)C[C@H](N)c4cc(O)c(c(Cl)c4)OC4C#C/C=C/3C#CC3=CC=C[C@@]34OC3OC(C)(C)C(N(C)C)C(O)C3O)c2NC1=O. The Bertz CT molecular complexity index is 2360. The number of nitrogens with two attached hydrogens (primary N) is 1. The number of nitrogens with zero attached hydrogens (tertiary/aromatic N) is 1. The van der Waals surface area contributed by atoms with Crippen LogP contribution in [0, 0.1) is 23.7 Å². The van der Waals surface area contributed by atoms with Gasteiger partial charge < -0.3 is 64.4 Å². The predicted octanol–water partition coefficient (Wildman–Crippen LogP) is 2.80. The normalized spacial score (nSPS) is 29.9. The molecular weight excluding hydrogens is 802 g/mol. The number of nitrogens with one attached hydrogen (secondary N) is 1. The molecule has 0 radical (unpaired) electrons. The molecule has 2 aromatic rings. The number of hydrogen-bond donors (Lipinski definition) is 5. The molecular formula is C43H42ClN3O13. The van der Waals surface area contributed by atoms with Gasteiger partial charge >= 0.3 is 11.9 Å². The van der Waals surface area contributed by atoms with Crippen molar-refractivity contribution < 1.29 is 62.9 Å². The van der Waals surface area contributed by atoms with Crippen molar-refractivity contribution in [2.75, 3.05) is 33.1 Å². The second kappa shape index (κ2) is 16.3. The molecule has 5 unspecified atom stereocenters. The highest BCUT2D eigenvalue weighted by Gasteiger charge is 2.55. The maximum Gasteiger partial charge on any atom is 0.341 e. The Morgan fingerprint density at radius 3 is 2.62 bits per heavy atom. The molecule has 6 N–H and O–H groups in total. The third-order valence-corrected chi connectivity index (χ3v) is 10.8. The minimum Gasteiger partial charge on any atom is -0.504 e. The summed E-state index contributed by atoms with van der Waals surface area (Å²) in [6.45, 7) is 6.50. The van der Waals surface area contributed by atoms with Crippen LogP contribution < -0.4 is 25.3 Å². The Kier molecular flexibility index (Phi) is 11.5. The maximum absolute atomic E-state index is 14.1. The molecule has 4 heterocycles. The highest BCUT2D eigenvalue weighted by Crippen LogP contribution is 2.44. The van der Waals surface area contributed by atoms with Crippen LogP contribution in [0.4, 0.5) is 5.69 Å². The smallest absolute Gasteiger partial charge is 0.341 e. The van der Waals surface area contributed by atoms with E-state index in [1.165, 1.54) is 37.5 Å². The topological polar surface area (TPSA) is 218 Å². The van der Waals surface area contributed by atoms with E-state index in [0.717, 1.165) is 0 Å². The van der Waals surface area contributed by atoms with Gasteiger partial charge in [-0.3, -0.25) is 9.59 Å². The average Bonchev–Trinajstić information content (AvgIpc) is 3.60. The van der Waals surface area contributed by atoms with Crippen LogP contribution in [0.2, 0.25) is 5.02 Å². The zero-order valence-electron chi connectivity index (χ0n) is 33.1. The molecule has 314 valence electrons. The summed E-state index contributed by atoms with van der Waals surface area (Å²) >= 11 is 6.70. The summed E-state index contributed by atoms with van der Waals surface area (Å²) in [4.78, 5) is 41.6. The van der Waals surface area contributed by atoms with Gasteiger partial charge in [-0.15, -0.1) is 0 Å². The first kappa shape index (κ1) is 42.3. The van der Waals surface area contributed by atoms with Gasteiger partial charge in [-0.25, -0.2) is 4.79 Å². The van der Waals surface area contributed by atoms with Gasteiger partial charge in [0.25, 0.3) is 5.91 Å². The number of ether oxygens (including phenoxy) is 7. The van der Waals surface area contributed by atoms with Gasteiger partial charge in [-0.1, -0.05) is 42.0 Å². The number of methoxy groups -OCH3 is 1. The number of phenols is 1. The number of rotatable bonds is 6. The number of carbonyl (C=O) groups is 3. The number of halogens is 1. The Hall–Kier alpha value is -5.82. The van der Waals surface area contributed by atoms with Crippen LogP contribution in [-0.4, -0.2) is 114 Å². The Balaban J connectivity index is 1.34. The van der Waals surface area contributed by atoms with Crippen LogP contribution in [0.25, 0.3) is 0 Å². The quantitative estimate of drug-likeness (QED) is 0.161. The van der Waals surface area contributed by atoms with Crippen molar-refractivity contribution in [3.8, 4) is 46.7 Å². The van der Waals surface area contributed by atoms with E-state index in [0.29, 0.717) is 0 Å². The van der Waals surface area contributed by atoms with Gasteiger partial charge in [-0.2, -0.15) is 0 Å². The Morgan fingerprint density at radius 2 is 1.90 bits per heavy atom. The number of phenolic OH excluding ortho intramolecular Hbond substituents is 1. The van der Waals surface area contributed by atoms with E-state index in [9.17, 15) is 29.7 Å². The van der Waals surface area contributed by atoms with Crippen LogP contribution in [0.3, 0.4) is 0 Å². The number of hydrogen-bond acceptors (Lipinski definition) is 15. The second-order valence-electron chi connectivity index (χ2n) is 15.2. The third kappa shape index (κ3) is 7.94. The molecule has 6 aliphatic rings. The van der Waals surface area contributed by atoms with Gasteiger partial charge in [-0.05, 0) is 69.8 Å². The fraction of sp³-hybridized carbons (Fsp3) is 0.372. The number of esters is 2. The number of amides is 1. The molecule has 0 spiro atoms. The summed E-state index contributed by atoms with van der Waals surface area (Å²) in [5, 5.41) is 36.6. The summed E-state index contributed by atoms with van der Waals surface area (Å²) in [5.41, 5.74) is 3.86. The number of aliphatic hydroxyl groups is 2. The van der Waals surface area contributed by atoms with Gasteiger partial charge in [0.2, 0.25) is 0 Å². The molecule has 0 saturated carbocycles. The lowest BCUT2D eigenvalue weighted by Gasteiger charge is -2.51. The van der Waals surface area contributed by atoms with Crippen molar-refractivity contribution in [2.24, 2.45) is 5.73 Å². The monoisotopic (exact) mass is 843 g/mol. The first-order valence-electron chi connectivity index (χ1n) is 18.6. The lowest BCUT2D eigenvalue weighted by Crippen LogP contribution is -2.68. The van der Waals surface area contributed by atoms with Gasteiger partial charge in [0.1, 0.15) is 24.6 Å². The number of likely N-dealkylation sites (N-methyl/N-ethyl adjacent to an activating group) is 1. The first-order valence-corrected chi connectivity index (χ1v) is 19.0. The van der Waals surface area contributed by atoms with Gasteiger partial charge in [0.15, 0.2) is 47.1 Å². The number of anilines is 1. The fourth-order valence-electron chi connectivity index (χ4n) is 7.61. The molecule has 1 fully saturated rings. The van der Waals surface area contributed by atoms with Crippen LogP contribution in [0.15, 0.2) is 72.1 Å². The summed E-state index contributed by atoms with van der Waals surface area (Å²) in [7, 11) is 4.87. The summed E-state index contributed by atoms with van der Waals surface area (Å²) in [5.74, 6) is 8.83. The summed E-state index contributed by atoms with van der Waals surface area (Å²) < 4.78 is 41.9. The molecule has 0 aromatic heterocycles. The molecule has 8 rings (SSSR count). The number of aromatic hydroxyl groups is 1. The van der Waals surface area contributed by atoms with Crippen LogP contribution in [0.1, 0.15) is 42.2 Å². The molecule has 8 atom stereocenters. The molecule has 1 amide bonds. The van der Waals surface area contributed by atoms with Crippen LogP contribution in [0.5, 0.6) is 23.0 Å². The van der Waals surface area contributed by atoms with Crippen LogP contribution >= 0.6 is 11.6 Å². The standard InChI is InChI=1S/C43H42ClN3O13/c1-21-39(52)46-34-26(17-25(54-6)18-30(34)56-21)40(53)57-31-20-55-33(49)19-28(45)23-15-27(44)37(29(48)16-23)58-32-11-7-9-22(31)12-13-24-10-8-14-43(24,32)60-41-36(51)35(50)38(47(4)5)42(2,3)59-41/h8-10,14-18,28,31-32,35-36,38,41,48,50-51H,1,19-20,45H2,2-6H3,(H,46,52)/b22-9+/t28-,31-,32?,35?,36?,38?,41?,43+/m0/s1. The molecule has 2 aromatic carbocycles. The van der Waals surface area contributed by atoms with Crippen molar-refractivity contribution in [3.05, 3.63) is 88.2 Å². The zero-order chi connectivity index (χ0) is 43.3. The largest absolute Gasteiger partial charge is 0.504 e. The van der Waals surface area contributed by atoms with E-state index in [4.69, 9.17) is 50.5 Å². The molecule has 60 heavy (non-hydrogen) atoms. The van der Waals surface area contributed by atoms with E-state index in [-0.39, 0.29) is 62.4 Å². The van der Waals surface area contributed by atoms with Crippen molar-refractivity contribution in [3.63, 3.8) is 0 Å². The van der Waals surface area contributed by atoms with Crippen molar-refractivity contribution >= 4 is 35.1 Å². The van der Waals surface area contributed by atoms with Crippen LogP contribution in [-0.2, 0) is 28.5 Å². The van der Waals surface area contributed by atoms with E-state index < -0.39 is 84.2 Å². The van der Waals surface area contributed by atoms with Crippen molar-refractivity contribution in [1.82, 2.24) is 4.90 Å². The van der Waals surface area contributed by atoms with E-state index >= 15 is 0 Å². The number of carbonyl (C=O) groups excluding carboxylic acids is 3. The maximum atomic E-state index is 14.1. The van der Waals surface area contributed by atoms with Crippen molar-refractivity contribution in [1.29, 1.82) is 0 Å². The Morgan fingerprint density at radius 1 is 1.13 bits per heavy atom. The number of allylic oxidation sites excluding steroid dienone is 3. The molecule has 2 aliphatic carbocycles. The number of aliphatic hydroxyl groups excluding tert-OH is 2. The number of fused-ring (bicyclic) bond motifs is 9. The summed E-state index contributed by atoms with van der Waals surface area (Å²) in [6, 6.07) is 3.83. The molecule has 16 nitrogen and oxygen atoms in total. The van der Waals surface area contributed by atoms with E-state index in [2.05, 4.69) is 35.6 Å². The first-order chi connectivity index (χ1) is 28.4. The lowest BCUT2D eigenvalue weighted by molar-refractivity contribution is -0.329. The second-order valence-corrected chi connectivity index (χ2v) is 15.6.